The van der Waals surface area contributed by atoms with Gasteiger partial charge >= 0.3 is 0 Å². The van der Waals surface area contributed by atoms with Crippen LogP contribution in [0.5, 0.6) is 0 Å². The van der Waals surface area contributed by atoms with Crippen molar-refractivity contribution in [3.8, 4) is 39.9 Å². The van der Waals surface area contributed by atoms with Crippen molar-refractivity contribution in [2.45, 2.75) is 0 Å². The van der Waals surface area contributed by atoms with Gasteiger partial charge in [-0.2, -0.15) is 0 Å². The molecule has 11 aromatic rings. The van der Waals surface area contributed by atoms with Crippen LogP contribution >= 0.6 is 0 Å². The quantitative estimate of drug-likeness (QED) is 0.189. The number of rotatable bonds is 4. The third kappa shape index (κ3) is 4.20. The topological polar surface area (TPSA) is 69.9 Å². The summed E-state index contributed by atoms with van der Waals surface area (Å²) in [7, 11) is 0. The predicted molar refractivity (Wildman–Crippen MR) is 205 cm³/mol. The van der Waals surface area contributed by atoms with Crippen molar-refractivity contribution in [2.24, 2.45) is 0 Å². The zero-order chi connectivity index (χ0) is 33.5. The largest absolute Gasteiger partial charge is 0.456 e. The monoisotopic (exact) mass is 654 g/mol. The Morgan fingerprint density at radius 2 is 0.980 bits per heavy atom. The van der Waals surface area contributed by atoms with Gasteiger partial charge in [-0.3, -0.25) is 0 Å². The minimum Gasteiger partial charge on any atom is -0.456 e. The third-order valence-corrected chi connectivity index (χ3v) is 9.85. The molecule has 0 aliphatic heterocycles. The summed E-state index contributed by atoms with van der Waals surface area (Å²) >= 11 is 0. The number of fused-ring (bicyclic) bond motifs is 10. The first kappa shape index (κ1) is 27.9. The lowest BCUT2D eigenvalue weighted by Crippen LogP contribution is -2.00. The maximum absolute atomic E-state index is 6.65. The van der Waals surface area contributed by atoms with Crippen molar-refractivity contribution in [2.75, 3.05) is 0 Å². The van der Waals surface area contributed by atoms with Gasteiger partial charge in [0.15, 0.2) is 17.5 Å². The summed E-state index contributed by atoms with van der Waals surface area (Å²) in [6.07, 6.45) is 0. The molecular weight excluding hydrogens is 629 g/mol. The van der Waals surface area contributed by atoms with E-state index in [9.17, 15) is 0 Å². The van der Waals surface area contributed by atoms with Crippen molar-refractivity contribution in [3.05, 3.63) is 158 Å². The van der Waals surface area contributed by atoms with Gasteiger partial charge in [-0.05, 0) is 42.5 Å². The van der Waals surface area contributed by atoms with E-state index in [1.54, 1.807) is 0 Å². The zero-order valence-corrected chi connectivity index (χ0v) is 27.1. The Morgan fingerprint density at radius 3 is 1.76 bits per heavy atom. The van der Waals surface area contributed by atoms with E-state index >= 15 is 0 Å². The second-order valence-corrected chi connectivity index (χ2v) is 12.8. The van der Waals surface area contributed by atoms with E-state index in [4.69, 9.17) is 23.8 Å². The number of benzene rings is 7. The first-order chi connectivity index (χ1) is 25.3. The fraction of sp³-hybridized carbons (Fsp3) is 0. The summed E-state index contributed by atoms with van der Waals surface area (Å²) in [5, 5.41) is 6.52. The molecule has 11 rings (SSSR count). The Labute approximate surface area is 290 Å². The molecule has 0 amide bonds. The molecule has 0 fully saturated rings. The molecule has 6 nitrogen and oxygen atoms in total. The first-order valence-corrected chi connectivity index (χ1v) is 16.9. The summed E-state index contributed by atoms with van der Waals surface area (Å²) in [5.41, 5.74) is 9.28. The van der Waals surface area contributed by atoms with Crippen LogP contribution in [0.2, 0.25) is 0 Å². The molecule has 0 bridgehead atoms. The van der Waals surface area contributed by atoms with Gasteiger partial charge in [0.05, 0.1) is 16.4 Å². The molecule has 0 radical (unpaired) electrons. The molecule has 0 saturated heterocycles. The molecule has 4 heterocycles. The number of para-hydroxylation sites is 2. The Balaban J connectivity index is 1.15. The first-order valence-electron chi connectivity index (χ1n) is 16.9. The molecule has 0 saturated carbocycles. The van der Waals surface area contributed by atoms with Crippen LogP contribution in [0.25, 0.3) is 106 Å². The zero-order valence-electron chi connectivity index (χ0n) is 27.1. The Hall–Kier alpha value is -7.05. The highest BCUT2D eigenvalue weighted by molar-refractivity contribution is 6.24. The molecule has 7 aromatic carbocycles. The number of aromatic nitrogens is 4. The van der Waals surface area contributed by atoms with E-state index in [1.165, 1.54) is 10.8 Å². The molecule has 6 heteroatoms. The van der Waals surface area contributed by atoms with E-state index < -0.39 is 0 Å². The molecule has 238 valence electrons. The molecule has 0 unspecified atom stereocenters. The van der Waals surface area contributed by atoms with Crippen LogP contribution in [0.15, 0.2) is 167 Å². The Morgan fingerprint density at radius 1 is 0.392 bits per heavy atom. The van der Waals surface area contributed by atoms with Gasteiger partial charge in [0.1, 0.15) is 22.3 Å². The fourth-order valence-corrected chi connectivity index (χ4v) is 7.60. The second kappa shape index (κ2) is 10.7. The van der Waals surface area contributed by atoms with E-state index in [2.05, 4.69) is 77.4 Å². The van der Waals surface area contributed by atoms with Crippen molar-refractivity contribution >= 4 is 65.7 Å². The highest BCUT2D eigenvalue weighted by Gasteiger charge is 2.21. The van der Waals surface area contributed by atoms with E-state index in [-0.39, 0.29) is 0 Å². The van der Waals surface area contributed by atoms with Crippen molar-refractivity contribution in [1.29, 1.82) is 0 Å². The number of nitrogens with zero attached hydrogens (tertiary/aromatic N) is 4. The third-order valence-electron chi connectivity index (χ3n) is 9.85. The lowest BCUT2D eigenvalue weighted by Gasteiger charge is -2.10. The van der Waals surface area contributed by atoms with Crippen LogP contribution in [0.3, 0.4) is 0 Å². The highest BCUT2D eigenvalue weighted by Crippen LogP contribution is 2.42. The van der Waals surface area contributed by atoms with E-state index in [0.717, 1.165) is 77.3 Å². The summed E-state index contributed by atoms with van der Waals surface area (Å²) in [4.78, 5) is 15.0. The van der Waals surface area contributed by atoms with Crippen molar-refractivity contribution in [3.63, 3.8) is 0 Å². The summed E-state index contributed by atoms with van der Waals surface area (Å²) in [6, 6.07) is 53.7. The molecule has 0 aliphatic rings. The number of hydrogen-bond donors (Lipinski definition) is 0. The lowest BCUT2D eigenvalue weighted by molar-refractivity contribution is 0.668. The highest BCUT2D eigenvalue weighted by atomic mass is 16.3. The van der Waals surface area contributed by atoms with E-state index in [0.29, 0.717) is 17.5 Å². The molecule has 0 spiro atoms. The molecule has 0 N–H and O–H groups in total. The van der Waals surface area contributed by atoms with Crippen molar-refractivity contribution in [1.82, 2.24) is 19.5 Å². The van der Waals surface area contributed by atoms with Gasteiger partial charge in [-0.25, -0.2) is 15.0 Å². The minimum absolute atomic E-state index is 0.594. The van der Waals surface area contributed by atoms with Crippen LogP contribution in [0.1, 0.15) is 0 Å². The molecular formula is C45H26N4O2. The van der Waals surface area contributed by atoms with Gasteiger partial charge in [0.25, 0.3) is 0 Å². The summed E-state index contributed by atoms with van der Waals surface area (Å²) < 4.78 is 15.3. The number of furan rings is 2. The van der Waals surface area contributed by atoms with Gasteiger partial charge in [-0.15, -0.1) is 0 Å². The smallest absolute Gasteiger partial charge is 0.164 e. The van der Waals surface area contributed by atoms with Gasteiger partial charge in [0.2, 0.25) is 0 Å². The lowest BCUT2D eigenvalue weighted by atomic mass is 10.0. The summed E-state index contributed by atoms with van der Waals surface area (Å²) in [6.45, 7) is 0. The van der Waals surface area contributed by atoms with E-state index in [1.807, 2.05) is 84.9 Å². The van der Waals surface area contributed by atoms with Gasteiger partial charge in [-0.1, -0.05) is 109 Å². The molecule has 0 atom stereocenters. The van der Waals surface area contributed by atoms with Crippen LogP contribution in [0, 0.1) is 0 Å². The standard InChI is InChI=1S/C45H26N4O2/c1-3-12-27(13-4-1)43-46-44(28-14-5-2-6-15-28)48-45(47-43)34-18-11-21-37-40(34)33-23-22-29(26-39(33)51-37)49-35-19-9-7-16-30(35)31-24-25-38-41(42(31)49)32-17-8-10-20-36(32)50-38/h1-26H. The van der Waals surface area contributed by atoms with Crippen LogP contribution in [-0.2, 0) is 0 Å². The van der Waals surface area contributed by atoms with Gasteiger partial charge < -0.3 is 13.4 Å². The van der Waals surface area contributed by atoms with Crippen LogP contribution < -0.4 is 0 Å². The van der Waals surface area contributed by atoms with Crippen molar-refractivity contribution < 1.29 is 8.83 Å². The molecule has 51 heavy (non-hydrogen) atoms. The predicted octanol–water partition coefficient (Wildman–Crippen LogP) is 11.8. The molecule has 0 aliphatic carbocycles. The fourth-order valence-electron chi connectivity index (χ4n) is 7.60. The second-order valence-electron chi connectivity index (χ2n) is 12.8. The molecule has 4 aromatic heterocycles. The maximum atomic E-state index is 6.65. The van der Waals surface area contributed by atoms with Gasteiger partial charge in [0, 0.05) is 55.4 Å². The van der Waals surface area contributed by atoms with Crippen LogP contribution in [0.4, 0.5) is 0 Å². The average Bonchev–Trinajstić information content (AvgIpc) is 3.87. The maximum Gasteiger partial charge on any atom is 0.164 e. The minimum atomic E-state index is 0.594. The number of hydrogen-bond acceptors (Lipinski definition) is 5. The normalized spacial score (nSPS) is 11.9. The van der Waals surface area contributed by atoms with Crippen LogP contribution in [-0.4, -0.2) is 19.5 Å². The summed E-state index contributed by atoms with van der Waals surface area (Å²) in [5.74, 6) is 1.84. The Bertz CT molecular complexity index is 3080. The Kier molecular flexibility index (Phi) is 5.86. The average molecular weight is 655 g/mol. The SMILES string of the molecule is c1ccc(-c2nc(-c3ccccc3)nc(-c3cccc4oc5cc(-n6c7ccccc7c7ccc8oc9ccccc9c8c76)ccc5c34)n2)cc1.